The molecule has 0 atom stereocenters. The van der Waals surface area contributed by atoms with Crippen molar-refractivity contribution in [3.05, 3.63) is 80.6 Å². The van der Waals surface area contributed by atoms with Crippen molar-refractivity contribution in [1.29, 1.82) is 0 Å². The number of benzene rings is 2. The molecule has 0 spiro atoms. The molecule has 0 aliphatic heterocycles. The first-order valence-electron chi connectivity index (χ1n) is 8.59. The Hall–Kier alpha value is -3.20. The fourth-order valence-electron chi connectivity index (χ4n) is 2.58. The van der Waals surface area contributed by atoms with E-state index in [4.69, 9.17) is 5.73 Å². The zero-order valence-corrected chi connectivity index (χ0v) is 16.5. The summed E-state index contributed by atoms with van der Waals surface area (Å²) in [5.41, 5.74) is 8.13. The van der Waals surface area contributed by atoms with Crippen molar-refractivity contribution in [3.8, 4) is 0 Å². The average molecular weight is 416 g/mol. The molecule has 4 N–H and O–H groups in total. The van der Waals surface area contributed by atoms with Crippen molar-refractivity contribution >= 4 is 29.2 Å². The summed E-state index contributed by atoms with van der Waals surface area (Å²) in [5.74, 6) is -2.65. The predicted molar refractivity (Wildman–Crippen MR) is 109 cm³/mol. The molecule has 2 aromatic carbocycles. The molecular weight excluding hydrogens is 398 g/mol. The number of halogens is 2. The Kier molecular flexibility index (Phi) is 5.97. The van der Waals surface area contributed by atoms with Crippen molar-refractivity contribution in [3.63, 3.8) is 0 Å². The maximum absolute atomic E-state index is 13.3. The number of nitrogen functional groups attached to an aromatic ring is 1. The van der Waals surface area contributed by atoms with Crippen LogP contribution in [0.5, 0.6) is 0 Å². The minimum atomic E-state index is -1.17. The highest BCUT2D eigenvalue weighted by molar-refractivity contribution is 7.98. The number of anilines is 2. The molecule has 6 nitrogen and oxygen atoms in total. The van der Waals surface area contributed by atoms with Crippen LogP contribution in [-0.2, 0) is 5.75 Å². The molecule has 0 radical (unpaired) electrons. The van der Waals surface area contributed by atoms with Crippen molar-refractivity contribution in [1.82, 2.24) is 9.97 Å². The van der Waals surface area contributed by atoms with Gasteiger partial charge in [0.15, 0.2) is 22.6 Å². The van der Waals surface area contributed by atoms with Crippen molar-refractivity contribution < 1.29 is 13.6 Å². The minimum absolute atomic E-state index is 0.156. The first-order chi connectivity index (χ1) is 13.7. The number of aromatic nitrogens is 2. The van der Waals surface area contributed by atoms with Gasteiger partial charge in [-0.05, 0) is 43.2 Å². The maximum atomic E-state index is 13.3. The zero-order chi connectivity index (χ0) is 21.1. The smallest absolute Gasteiger partial charge is 0.277 e. The number of hydrogen-bond acceptors (Lipinski definition) is 5. The third kappa shape index (κ3) is 4.80. The van der Waals surface area contributed by atoms with Gasteiger partial charge in [0.05, 0.1) is 0 Å². The third-order valence-electron chi connectivity index (χ3n) is 4.22. The number of rotatable bonds is 5. The number of aromatic amines is 1. The van der Waals surface area contributed by atoms with Crippen LogP contribution in [0.25, 0.3) is 0 Å². The molecule has 9 heteroatoms. The normalized spacial score (nSPS) is 10.8. The topological polar surface area (TPSA) is 101 Å². The van der Waals surface area contributed by atoms with Crippen LogP contribution < -0.4 is 16.6 Å². The van der Waals surface area contributed by atoms with E-state index in [1.165, 1.54) is 11.8 Å². The van der Waals surface area contributed by atoms with Crippen LogP contribution in [0.2, 0.25) is 0 Å². The number of H-pyrrole nitrogens is 1. The lowest BCUT2D eigenvalue weighted by atomic mass is 10.1. The second-order valence-electron chi connectivity index (χ2n) is 6.43. The van der Waals surface area contributed by atoms with Crippen molar-refractivity contribution in [2.75, 3.05) is 11.1 Å². The first kappa shape index (κ1) is 20.5. The van der Waals surface area contributed by atoms with Crippen molar-refractivity contribution in [2.45, 2.75) is 24.8 Å². The third-order valence-corrected chi connectivity index (χ3v) is 5.14. The molecule has 0 saturated carbocycles. The van der Waals surface area contributed by atoms with E-state index in [-0.39, 0.29) is 17.1 Å². The summed E-state index contributed by atoms with van der Waals surface area (Å²) in [4.78, 5) is 31.2. The molecule has 0 unspecified atom stereocenters. The Labute approximate surface area is 169 Å². The SMILES string of the molecule is Cc1ccc(C)c(CSc2nc(N)c(NC(=O)c3ccc(F)c(F)c3)c(=O)[nH]2)c1. The number of hydrogen-bond donors (Lipinski definition) is 3. The molecule has 150 valence electrons. The van der Waals surface area contributed by atoms with Crippen LogP contribution in [0.4, 0.5) is 20.3 Å². The van der Waals surface area contributed by atoms with E-state index in [1.54, 1.807) is 0 Å². The standard InChI is InChI=1S/C20H18F2N4O2S/c1-10-3-4-11(2)13(7-10)9-29-20-25-17(23)16(19(28)26-20)24-18(27)12-5-6-14(21)15(22)8-12/h3-8H,9H2,1-2H3,(H,24,27)(H3,23,25,26,28). The van der Waals surface area contributed by atoms with Crippen LogP contribution in [0.15, 0.2) is 46.3 Å². The van der Waals surface area contributed by atoms with E-state index in [9.17, 15) is 18.4 Å². The van der Waals surface area contributed by atoms with Crippen LogP contribution in [0.1, 0.15) is 27.0 Å². The lowest BCUT2D eigenvalue weighted by Crippen LogP contribution is -2.23. The number of aryl methyl sites for hydroxylation is 2. The van der Waals surface area contributed by atoms with E-state index in [2.05, 4.69) is 21.4 Å². The molecule has 1 amide bonds. The van der Waals surface area contributed by atoms with Crippen LogP contribution in [0.3, 0.4) is 0 Å². The molecule has 3 aromatic rings. The highest BCUT2D eigenvalue weighted by atomic mass is 32.2. The van der Waals surface area contributed by atoms with Crippen LogP contribution >= 0.6 is 11.8 Å². The van der Waals surface area contributed by atoms with E-state index < -0.39 is 23.1 Å². The first-order valence-corrected chi connectivity index (χ1v) is 9.58. The van der Waals surface area contributed by atoms with Gasteiger partial charge >= 0.3 is 0 Å². The van der Waals surface area contributed by atoms with E-state index in [0.717, 1.165) is 34.9 Å². The van der Waals surface area contributed by atoms with Gasteiger partial charge in [-0.1, -0.05) is 35.5 Å². The molecule has 0 fully saturated rings. The van der Waals surface area contributed by atoms with Gasteiger partial charge in [0.25, 0.3) is 11.5 Å². The van der Waals surface area contributed by atoms with Gasteiger partial charge < -0.3 is 11.1 Å². The molecule has 0 aliphatic rings. The van der Waals surface area contributed by atoms with Gasteiger partial charge in [0.1, 0.15) is 5.69 Å². The van der Waals surface area contributed by atoms with Gasteiger partial charge in [-0.2, -0.15) is 0 Å². The monoisotopic (exact) mass is 416 g/mol. The summed E-state index contributed by atoms with van der Waals surface area (Å²) in [7, 11) is 0. The largest absolute Gasteiger partial charge is 0.382 e. The van der Waals surface area contributed by atoms with Crippen LogP contribution in [-0.4, -0.2) is 15.9 Å². The quantitative estimate of drug-likeness (QED) is 0.434. The van der Waals surface area contributed by atoms with Gasteiger partial charge in [-0.15, -0.1) is 0 Å². The predicted octanol–water partition coefficient (Wildman–Crippen LogP) is 3.79. The summed E-state index contributed by atoms with van der Waals surface area (Å²) < 4.78 is 26.3. The van der Waals surface area contributed by atoms with Crippen LogP contribution in [0, 0.1) is 25.5 Å². The molecule has 0 bridgehead atoms. The Morgan fingerprint density at radius 2 is 1.93 bits per heavy atom. The molecule has 0 saturated heterocycles. The second-order valence-corrected chi connectivity index (χ2v) is 7.40. The van der Waals surface area contributed by atoms with E-state index in [0.29, 0.717) is 10.9 Å². The Morgan fingerprint density at radius 3 is 2.62 bits per heavy atom. The van der Waals surface area contributed by atoms with Gasteiger partial charge in [-0.3, -0.25) is 14.6 Å². The highest BCUT2D eigenvalue weighted by Crippen LogP contribution is 2.23. The molecule has 1 heterocycles. The number of nitrogens with zero attached hydrogens (tertiary/aromatic N) is 1. The van der Waals surface area contributed by atoms with E-state index >= 15 is 0 Å². The summed E-state index contributed by atoms with van der Waals surface area (Å²) in [6.07, 6.45) is 0. The van der Waals surface area contributed by atoms with E-state index in [1.807, 2.05) is 26.0 Å². The highest BCUT2D eigenvalue weighted by Gasteiger charge is 2.16. The van der Waals surface area contributed by atoms with Gasteiger partial charge in [0, 0.05) is 11.3 Å². The number of amides is 1. The molecule has 3 rings (SSSR count). The average Bonchev–Trinajstić information content (AvgIpc) is 2.67. The fraction of sp³-hybridized carbons (Fsp3) is 0.150. The number of carbonyl (C=O) groups excluding carboxylic acids is 1. The molecule has 0 aliphatic carbocycles. The Balaban J connectivity index is 1.76. The molecule has 1 aromatic heterocycles. The lowest BCUT2D eigenvalue weighted by Gasteiger charge is -2.10. The number of thioether (sulfide) groups is 1. The zero-order valence-electron chi connectivity index (χ0n) is 15.7. The Bertz CT molecular complexity index is 1150. The van der Waals surface area contributed by atoms with Gasteiger partial charge in [0.2, 0.25) is 0 Å². The Morgan fingerprint density at radius 1 is 1.17 bits per heavy atom. The van der Waals surface area contributed by atoms with Crippen molar-refractivity contribution in [2.24, 2.45) is 0 Å². The summed E-state index contributed by atoms with van der Waals surface area (Å²) in [6, 6.07) is 8.75. The fourth-order valence-corrected chi connectivity index (χ4v) is 3.51. The second kappa shape index (κ2) is 8.44. The summed E-state index contributed by atoms with van der Waals surface area (Å²) in [5, 5.41) is 2.60. The lowest BCUT2D eigenvalue weighted by molar-refractivity contribution is 0.102. The summed E-state index contributed by atoms with van der Waals surface area (Å²) in [6.45, 7) is 3.99. The number of nitrogens with two attached hydrogens (primary N) is 1. The summed E-state index contributed by atoms with van der Waals surface area (Å²) >= 11 is 1.30. The maximum Gasteiger partial charge on any atom is 0.277 e. The molecular formula is C20H18F2N4O2S. The number of carbonyl (C=O) groups is 1. The van der Waals surface area contributed by atoms with Gasteiger partial charge in [-0.25, -0.2) is 13.8 Å². The number of nitrogens with one attached hydrogen (secondary N) is 2. The minimum Gasteiger partial charge on any atom is -0.382 e. The molecule has 29 heavy (non-hydrogen) atoms.